The minimum atomic E-state index is -0.484. The minimum Gasteiger partial charge on any atom is -0.336 e. The van der Waals surface area contributed by atoms with E-state index in [9.17, 15) is 14.4 Å². The van der Waals surface area contributed by atoms with Crippen LogP contribution in [-0.2, 0) is 20.5 Å². The Morgan fingerprint density at radius 1 is 1.10 bits per heavy atom. The van der Waals surface area contributed by atoms with Crippen molar-refractivity contribution in [3.63, 3.8) is 0 Å². The Balaban J connectivity index is 2.00. The number of aryl methyl sites for hydroxylation is 2. The van der Waals surface area contributed by atoms with Gasteiger partial charge < -0.3 is 10.6 Å². The van der Waals surface area contributed by atoms with E-state index in [0.717, 1.165) is 10.1 Å². The third-order valence-electron chi connectivity index (χ3n) is 5.03. The molecule has 0 saturated heterocycles. The summed E-state index contributed by atoms with van der Waals surface area (Å²) in [5.74, 6) is -0.274. The molecule has 3 aromatic rings. The van der Waals surface area contributed by atoms with Gasteiger partial charge in [-0.1, -0.05) is 30.3 Å². The Morgan fingerprint density at radius 2 is 1.79 bits per heavy atom. The van der Waals surface area contributed by atoms with Crippen molar-refractivity contribution in [1.82, 2.24) is 19.0 Å². The van der Waals surface area contributed by atoms with Crippen molar-refractivity contribution in [2.24, 2.45) is 19.8 Å². The molecule has 8 nitrogen and oxygen atoms in total. The summed E-state index contributed by atoms with van der Waals surface area (Å²) in [7, 11) is 2.97. The van der Waals surface area contributed by atoms with Gasteiger partial charge in [0.25, 0.3) is 11.5 Å². The van der Waals surface area contributed by atoms with E-state index in [2.05, 4.69) is 4.98 Å². The van der Waals surface area contributed by atoms with Gasteiger partial charge in [-0.15, -0.1) is 0 Å². The quantitative estimate of drug-likeness (QED) is 0.658. The fourth-order valence-electron chi connectivity index (χ4n) is 3.38. The fourth-order valence-corrected chi connectivity index (χ4v) is 3.38. The maximum absolute atomic E-state index is 13.1. The van der Waals surface area contributed by atoms with Gasteiger partial charge in [0.2, 0.25) is 0 Å². The number of carbonyl (C=O) groups excluding carboxylic acids is 1. The summed E-state index contributed by atoms with van der Waals surface area (Å²) in [5, 5.41) is 0.334. The summed E-state index contributed by atoms with van der Waals surface area (Å²) in [4.78, 5) is 43.9. The molecule has 2 aromatic heterocycles. The zero-order valence-electron chi connectivity index (χ0n) is 16.9. The smallest absolute Gasteiger partial charge is 0.332 e. The molecule has 0 spiro atoms. The third kappa shape index (κ3) is 3.97. The lowest BCUT2D eigenvalue weighted by Gasteiger charge is -2.22. The molecular weight excluding hydrogens is 370 g/mol. The van der Waals surface area contributed by atoms with Gasteiger partial charge in [-0.05, 0) is 30.5 Å². The average molecular weight is 395 g/mol. The predicted molar refractivity (Wildman–Crippen MR) is 112 cm³/mol. The third-order valence-corrected chi connectivity index (χ3v) is 5.03. The van der Waals surface area contributed by atoms with Crippen LogP contribution in [0.2, 0.25) is 0 Å². The van der Waals surface area contributed by atoms with Gasteiger partial charge in [0.05, 0.1) is 5.39 Å². The molecule has 1 amide bonds. The average Bonchev–Trinajstić information content (AvgIpc) is 2.73. The van der Waals surface area contributed by atoms with Crippen molar-refractivity contribution in [3.8, 4) is 0 Å². The molecule has 0 saturated carbocycles. The van der Waals surface area contributed by atoms with Gasteiger partial charge in [0.1, 0.15) is 11.3 Å². The molecule has 1 aromatic carbocycles. The second-order valence-corrected chi connectivity index (χ2v) is 7.05. The van der Waals surface area contributed by atoms with Gasteiger partial charge >= 0.3 is 5.69 Å². The summed E-state index contributed by atoms with van der Waals surface area (Å²) >= 11 is 0. The topological polar surface area (TPSA) is 103 Å². The summed E-state index contributed by atoms with van der Waals surface area (Å²) in [6, 6.07) is 11.5. The summed E-state index contributed by atoms with van der Waals surface area (Å²) in [6.45, 7) is 2.95. The van der Waals surface area contributed by atoms with E-state index in [-0.39, 0.29) is 17.2 Å². The zero-order valence-corrected chi connectivity index (χ0v) is 16.9. The number of nitrogens with two attached hydrogens (primary N) is 1. The van der Waals surface area contributed by atoms with E-state index in [1.807, 2.05) is 30.3 Å². The molecule has 0 radical (unpaired) electrons. The molecule has 8 heteroatoms. The first kappa shape index (κ1) is 20.5. The largest absolute Gasteiger partial charge is 0.336 e. The molecule has 0 unspecified atom stereocenters. The van der Waals surface area contributed by atoms with Crippen LogP contribution in [0.4, 0.5) is 0 Å². The monoisotopic (exact) mass is 395 g/mol. The van der Waals surface area contributed by atoms with Gasteiger partial charge in [-0.3, -0.25) is 18.7 Å². The predicted octanol–water partition coefficient (Wildman–Crippen LogP) is 0.584. The first-order chi connectivity index (χ1) is 13.8. The van der Waals surface area contributed by atoms with Gasteiger partial charge in [-0.2, -0.15) is 0 Å². The Bertz CT molecular complexity index is 1160. The number of pyridine rings is 1. The lowest BCUT2D eigenvalue weighted by molar-refractivity contribution is 0.0756. The molecular formula is C21H25N5O3. The van der Waals surface area contributed by atoms with Crippen LogP contribution in [0, 0.1) is 6.92 Å². The van der Waals surface area contributed by atoms with Crippen molar-refractivity contribution >= 4 is 16.9 Å². The first-order valence-electron chi connectivity index (χ1n) is 9.45. The molecule has 152 valence electrons. The summed E-state index contributed by atoms with van der Waals surface area (Å²) in [6.07, 6.45) is 0.693. The number of hydrogen-bond donors (Lipinski definition) is 1. The van der Waals surface area contributed by atoms with Crippen LogP contribution >= 0.6 is 0 Å². The lowest BCUT2D eigenvalue weighted by Crippen LogP contribution is -2.39. The number of benzene rings is 1. The Labute approximate surface area is 168 Å². The molecule has 0 bridgehead atoms. The molecule has 3 rings (SSSR count). The van der Waals surface area contributed by atoms with E-state index in [0.29, 0.717) is 37.0 Å². The van der Waals surface area contributed by atoms with Gasteiger partial charge in [0, 0.05) is 33.7 Å². The second-order valence-electron chi connectivity index (χ2n) is 7.05. The fraction of sp³-hybridized carbons (Fsp3) is 0.333. The lowest BCUT2D eigenvalue weighted by atomic mass is 10.1. The van der Waals surface area contributed by atoms with E-state index in [1.165, 1.54) is 18.7 Å². The van der Waals surface area contributed by atoms with Crippen LogP contribution in [-0.4, -0.2) is 44.6 Å². The first-order valence-corrected chi connectivity index (χ1v) is 9.45. The van der Waals surface area contributed by atoms with Crippen LogP contribution in [0.25, 0.3) is 11.0 Å². The van der Waals surface area contributed by atoms with Gasteiger partial charge in [-0.25, -0.2) is 9.78 Å². The van der Waals surface area contributed by atoms with Crippen molar-refractivity contribution in [3.05, 3.63) is 74.1 Å². The molecule has 0 aliphatic rings. The number of aromatic nitrogens is 3. The normalized spacial score (nSPS) is 11.0. The number of amides is 1. The van der Waals surface area contributed by atoms with E-state index < -0.39 is 11.2 Å². The van der Waals surface area contributed by atoms with E-state index in [1.54, 1.807) is 17.9 Å². The summed E-state index contributed by atoms with van der Waals surface area (Å²) < 4.78 is 2.33. The summed E-state index contributed by atoms with van der Waals surface area (Å²) in [5.41, 5.74) is 6.93. The van der Waals surface area contributed by atoms with Crippen LogP contribution < -0.4 is 17.0 Å². The highest BCUT2D eigenvalue weighted by Crippen LogP contribution is 2.14. The maximum atomic E-state index is 13.1. The molecule has 0 aliphatic heterocycles. The van der Waals surface area contributed by atoms with Crippen molar-refractivity contribution < 1.29 is 4.79 Å². The van der Waals surface area contributed by atoms with Crippen molar-refractivity contribution in [1.29, 1.82) is 0 Å². The van der Waals surface area contributed by atoms with Crippen molar-refractivity contribution in [2.75, 3.05) is 19.6 Å². The number of rotatable bonds is 6. The van der Waals surface area contributed by atoms with Crippen LogP contribution in [0.3, 0.4) is 0 Å². The highest BCUT2D eigenvalue weighted by Gasteiger charge is 2.20. The minimum absolute atomic E-state index is 0.194. The zero-order chi connectivity index (χ0) is 21.1. The Hall–Kier alpha value is -3.26. The number of carbonyl (C=O) groups is 1. The molecule has 0 aliphatic carbocycles. The Kier molecular flexibility index (Phi) is 5.93. The van der Waals surface area contributed by atoms with E-state index >= 15 is 0 Å². The molecule has 29 heavy (non-hydrogen) atoms. The number of nitrogens with zero attached hydrogens (tertiary/aromatic N) is 4. The number of fused-ring (bicyclic) bond motifs is 1. The maximum Gasteiger partial charge on any atom is 0.332 e. The SMILES string of the molecule is Cc1cc(C(=O)N(CCN)CCc2ccccc2)nc2c1c(=O)n(C)c(=O)n2C. The highest BCUT2D eigenvalue weighted by atomic mass is 16.2. The molecule has 2 N–H and O–H groups in total. The standard InChI is InChI=1S/C21H25N5O3/c1-14-13-16(23-18-17(14)20(28)25(3)21(29)24(18)2)19(27)26(12-10-22)11-9-15-7-5-4-6-8-15/h4-8,13H,9-12,22H2,1-3H3. The molecule has 0 atom stereocenters. The second kappa shape index (κ2) is 8.40. The van der Waals surface area contributed by atoms with Crippen LogP contribution in [0.1, 0.15) is 21.6 Å². The number of hydrogen-bond acceptors (Lipinski definition) is 5. The van der Waals surface area contributed by atoms with Crippen molar-refractivity contribution in [2.45, 2.75) is 13.3 Å². The van der Waals surface area contributed by atoms with E-state index in [4.69, 9.17) is 5.73 Å². The van der Waals surface area contributed by atoms with Crippen LogP contribution in [0.5, 0.6) is 0 Å². The Morgan fingerprint density at radius 3 is 2.45 bits per heavy atom. The van der Waals surface area contributed by atoms with Gasteiger partial charge in [0.15, 0.2) is 0 Å². The highest BCUT2D eigenvalue weighted by molar-refractivity contribution is 5.95. The molecule has 0 fully saturated rings. The molecule has 2 heterocycles. The van der Waals surface area contributed by atoms with Crippen LogP contribution in [0.15, 0.2) is 46.0 Å².